The summed E-state index contributed by atoms with van der Waals surface area (Å²) in [6.07, 6.45) is 6.55. The van der Waals surface area contributed by atoms with Crippen LogP contribution in [0.15, 0.2) is 0 Å². The van der Waals surface area contributed by atoms with E-state index in [2.05, 4.69) is 10.8 Å². The highest BCUT2D eigenvalue weighted by molar-refractivity contribution is 5.82. The summed E-state index contributed by atoms with van der Waals surface area (Å²) in [6, 6.07) is 0. The predicted molar refractivity (Wildman–Crippen MR) is 39.5 cm³/mol. The van der Waals surface area contributed by atoms with Gasteiger partial charge in [-0.15, -0.1) is 12.3 Å². The second-order valence-electron chi connectivity index (χ2n) is 2.52. The van der Waals surface area contributed by atoms with E-state index < -0.39 is 0 Å². The molecule has 1 heterocycles. The lowest BCUT2D eigenvalue weighted by Gasteiger charge is -2.09. The van der Waals surface area contributed by atoms with Crippen molar-refractivity contribution in [3.8, 4) is 12.3 Å². The molecule has 0 amide bonds. The third-order valence-corrected chi connectivity index (χ3v) is 1.68. The summed E-state index contributed by atoms with van der Waals surface area (Å²) in [5, 5.41) is 0. The minimum atomic E-state index is 0.344. The van der Waals surface area contributed by atoms with Gasteiger partial charge in [0, 0.05) is 25.9 Å². The number of carbonyl (C=O) groups excluding carboxylic acids is 1. The summed E-state index contributed by atoms with van der Waals surface area (Å²) >= 11 is 0. The summed E-state index contributed by atoms with van der Waals surface area (Å²) in [6.45, 7) is 2.39. The number of nitrogens with zero attached hydrogens (tertiary/aromatic N) is 1. The van der Waals surface area contributed by atoms with Crippen LogP contribution in [0.25, 0.3) is 0 Å². The summed E-state index contributed by atoms with van der Waals surface area (Å²) in [5.41, 5.74) is 0. The van der Waals surface area contributed by atoms with Gasteiger partial charge in [0.1, 0.15) is 5.78 Å². The van der Waals surface area contributed by atoms with Crippen molar-refractivity contribution in [1.29, 1.82) is 0 Å². The minimum Gasteiger partial charge on any atom is -0.298 e. The number of hydrogen-bond acceptors (Lipinski definition) is 2. The van der Waals surface area contributed by atoms with Gasteiger partial charge >= 0.3 is 0 Å². The fourth-order valence-corrected chi connectivity index (χ4v) is 1.10. The first-order valence-corrected chi connectivity index (χ1v) is 3.50. The van der Waals surface area contributed by atoms with E-state index in [9.17, 15) is 4.79 Å². The van der Waals surface area contributed by atoms with Gasteiger partial charge in [-0.05, 0) is 0 Å². The number of carbonyl (C=O) groups is 1. The van der Waals surface area contributed by atoms with Crippen LogP contribution < -0.4 is 0 Å². The molecule has 2 nitrogen and oxygen atoms in total. The zero-order valence-electron chi connectivity index (χ0n) is 5.97. The van der Waals surface area contributed by atoms with Gasteiger partial charge in [0.05, 0.1) is 6.54 Å². The molecule has 0 atom stereocenters. The van der Waals surface area contributed by atoms with Crippen molar-refractivity contribution < 1.29 is 4.79 Å². The SMILES string of the molecule is C#CCCN1CCC(=O)C1. The Hall–Kier alpha value is -0.810. The highest BCUT2D eigenvalue weighted by atomic mass is 16.1. The Kier molecular flexibility index (Phi) is 2.47. The van der Waals surface area contributed by atoms with Crippen LogP contribution in [0.2, 0.25) is 0 Å². The predicted octanol–water partition coefficient (Wildman–Crippen LogP) is 0.284. The first-order valence-electron chi connectivity index (χ1n) is 3.50. The molecule has 0 aliphatic carbocycles. The van der Waals surface area contributed by atoms with Gasteiger partial charge in [-0.3, -0.25) is 9.69 Å². The number of Topliss-reactive ketones (excluding diaryl/α,β-unsaturated/α-hetero) is 1. The molecule has 1 fully saturated rings. The molecule has 1 rings (SSSR count). The highest BCUT2D eigenvalue weighted by Crippen LogP contribution is 2.03. The zero-order valence-corrected chi connectivity index (χ0v) is 5.97. The van der Waals surface area contributed by atoms with Crippen molar-refractivity contribution in [3.05, 3.63) is 0 Å². The van der Waals surface area contributed by atoms with Gasteiger partial charge in [-0.25, -0.2) is 0 Å². The molecule has 0 N–H and O–H groups in total. The maximum atomic E-state index is 10.7. The monoisotopic (exact) mass is 137 g/mol. The zero-order chi connectivity index (χ0) is 7.40. The van der Waals surface area contributed by atoms with Gasteiger partial charge in [0.15, 0.2) is 0 Å². The van der Waals surface area contributed by atoms with E-state index in [0.717, 1.165) is 19.5 Å². The maximum absolute atomic E-state index is 10.7. The van der Waals surface area contributed by atoms with Gasteiger partial charge in [0.25, 0.3) is 0 Å². The van der Waals surface area contributed by atoms with Crippen molar-refractivity contribution in [2.45, 2.75) is 12.8 Å². The van der Waals surface area contributed by atoms with Crippen LogP contribution in [-0.2, 0) is 4.79 Å². The third-order valence-electron chi connectivity index (χ3n) is 1.68. The van der Waals surface area contributed by atoms with E-state index in [1.807, 2.05) is 0 Å². The van der Waals surface area contributed by atoms with Gasteiger partial charge < -0.3 is 0 Å². The summed E-state index contributed by atoms with van der Waals surface area (Å²) in [4.78, 5) is 12.8. The molecule has 54 valence electrons. The normalized spacial score (nSPS) is 19.3. The van der Waals surface area contributed by atoms with Crippen molar-refractivity contribution in [2.75, 3.05) is 19.6 Å². The van der Waals surface area contributed by atoms with E-state index in [1.165, 1.54) is 0 Å². The Bertz CT molecular complexity index is 169. The van der Waals surface area contributed by atoms with Crippen molar-refractivity contribution in [2.24, 2.45) is 0 Å². The average Bonchev–Trinajstić information content (AvgIpc) is 2.31. The number of terminal acetylenes is 1. The number of hydrogen-bond donors (Lipinski definition) is 0. The van der Waals surface area contributed by atoms with E-state index in [4.69, 9.17) is 6.42 Å². The molecule has 1 aliphatic rings. The minimum absolute atomic E-state index is 0.344. The summed E-state index contributed by atoms with van der Waals surface area (Å²) in [5.74, 6) is 2.90. The lowest BCUT2D eigenvalue weighted by Crippen LogP contribution is -2.21. The molecule has 0 radical (unpaired) electrons. The molecule has 10 heavy (non-hydrogen) atoms. The van der Waals surface area contributed by atoms with Crippen LogP contribution in [0.4, 0.5) is 0 Å². The van der Waals surface area contributed by atoms with Gasteiger partial charge in [-0.2, -0.15) is 0 Å². The molecule has 0 saturated carbocycles. The highest BCUT2D eigenvalue weighted by Gasteiger charge is 2.17. The first-order chi connectivity index (χ1) is 4.83. The molecule has 0 spiro atoms. The molecular weight excluding hydrogens is 126 g/mol. The standard InChI is InChI=1S/C8H11NO/c1-2-3-5-9-6-4-8(10)7-9/h1H,3-7H2. The molecule has 1 saturated heterocycles. The Morgan fingerprint density at radius 2 is 2.50 bits per heavy atom. The van der Waals surface area contributed by atoms with Crippen LogP contribution in [0, 0.1) is 12.3 Å². The Labute approximate surface area is 61.2 Å². The number of likely N-dealkylation sites (tertiary alicyclic amines) is 1. The molecule has 0 bridgehead atoms. The van der Waals surface area contributed by atoms with Gasteiger partial charge in [0.2, 0.25) is 0 Å². The van der Waals surface area contributed by atoms with Crippen LogP contribution in [0.1, 0.15) is 12.8 Å². The molecule has 0 aromatic carbocycles. The molecule has 0 aromatic heterocycles. The first kappa shape index (κ1) is 7.30. The Morgan fingerprint density at radius 1 is 1.70 bits per heavy atom. The second-order valence-corrected chi connectivity index (χ2v) is 2.52. The molecule has 2 heteroatoms. The quantitative estimate of drug-likeness (QED) is 0.510. The Morgan fingerprint density at radius 3 is 3.00 bits per heavy atom. The van der Waals surface area contributed by atoms with Crippen LogP contribution in [-0.4, -0.2) is 30.3 Å². The largest absolute Gasteiger partial charge is 0.298 e. The van der Waals surface area contributed by atoms with E-state index >= 15 is 0 Å². The van der Waals surface area contributed by atoms with Crippen molar-refractivity contribution >= 4 is 5.78 Å². The van der Waals surface area contributed by atoms with Gasteiger partial charge in [-0.1, -0.05) is 0 Å². The van der Waals surface area contributed by atoms with E-state index in [0.29, 0.717) is 18.7 Å². The van der Waals surface area contributed by atoms with Crippen molar-refractivity contribution in [1.82, 2.24) is 4.90 Å². The topological polar surface area (TPSA) is 20.3 Å². The second kappa shape index (κ2) is 3.38. The maximum Gasteiger partial charge on any atom is 0.148 e. The van der Waals surface area contributed by atoms with Crippen LogP contribution in [0.5, 0.6) is 0 Å². The van der Waals surface area contributed by atoms with E-state index in [1.54, 1.807) is 0 Å². The smallest absolute Gasteiger partial charge is 0.148 e. The molecule has 1 aliphatic heterocycles. The molecule has 0 aromatic rings. The summed E-state index contributed by atoms with van der Waals surface area (Å²) in [7, 11) is 0. The number of ketones is 1. The van der Waals surface area contributed by atoms with Crippen LogP contribution >= 0.6 is 0 Å². The molecular formula is C8H11NO. The fourth-order valence-electron chi connectivity index (χ4n) is 1.10. The number of rotatable bonds is 2. The lowest BCUT2D eigenvalue weighted by molar-refractivity contribution is -0.116. The fraction of sp³-hybridized carbons (Fsp3) is 0.625. The lowest BCUT2D eigenvalue weighted by atomic mass is 10.4. The third kappa shape index (κ3) is 1.85. The molecule has 0 unspecified atom stereocenters. The van der Waals surface area contributed by atoms with Crippen LogP contribution in [0.3, 0.4) is 0 Å². The Balaban J connectivity index is 2.20. The summed E-state index contributed by atoms with van der Waals surface area (Å²) < 4.78 is 0. The van der Waals surface area contributed by atoms with E-state index in [-0.39, 0.29) is 0 Å². The average molecular weight is 137 g/mol. The van der Waals surface area contributed by atoms with Crippen molar-refractivity contribution in [3.63, 3.8) is 0 Å².